The van der Waals surface area contributed by atoms with Gasteiger partial charge in [0.2, 0.25) is 0 Å². The van der Waals surface area contributed by atoms with Crippen LogP contribution in [0.1, 0.15) is 52.4 Å². The predicted octanol–water partition coefficient (Wildman–Crippen LogP) is 2.11. The summed E-state index contributed by atoms with van der Waals surface area (Å²) < 4.78 is 10.5. The van der Waals surface area contributed by atoms with Crippen LogP contribution >= 0.6 is 0 Å². The van der Waals surface area contributed by atoms with E-state index in [1.165, 1.54) is 19.3 Å². The lowest BCUT2D eigenvalue weighted by molar-refractivity contribution is 0.0609. The number of aliphatic imine (C=N–C) groups is 1. The van der Waals surface area contributed by atoms with Gasteiger partial charge in [0, 0.05) is 38.9 Å². The number of nitrogens with one attached hydrogen (secondary N) is 1. The van der Waals surface area contributed by atoms with E-state index in [9.17, 15) is 4.79 Å². The lowest BCUT2D eigenvalue weighted by atomic mass is 9.67. The molecule has 1 heterocycles. The quantitative estimate of drug-likeness (QED) is 0.396. The minimum atomic E-state index is -0.219. The van der Waals surface area contributed by atoms with E-state index in [1.54, 1.807) is 4.90 Å². The van der Waals surface area contributed by atoms with Crippen LogP contribution in [0.15, 0.2) is 4.99 Å². The highest BCUT2D eigenvalue weighted by molar-refractivity contribution is 5.78. The molecule has 1 aliphatic carbocycles. The van der Waals surface area contributed by atoms with Gasteiger partial charge < -0.3 is 25.4 Å². The van der Waals surface area contributed by atoms with Crippen LogP contribution < -0.4 is 11.1 Å². The van der Waals surface area contributed by atoms with Crippen molar-refractivity contribution in [1.29, 1.82) is 0 Å². The van der Waals surface area contributed by atoms with Gasteiger partial charge in [-0.25, -0.2) is 4.79 Å². The van der Waals surface area contributed by atoms with Gasteiger partial charge in [-0.15, -0.1) is 0 Å². The van der Waals surface area contributed by atoms with Crippen molar-refractivity contribution in [2.24, 2.45) is 16.1 Å². The number of nitrogens with zero attached hydrogens (tertiary/aromatic N) is 2. The van der Waals surface area contributed by atoms with Crippen molar-refractivity contribution in [3.05, 3.63) is 0 Å². The Hall–Kier alpha value is -1.50. The monoisotopic (exact) mass is 354 g/mol. The molecule has 0 bridgehead atoms. The number of rotatable bonds is 8. The van der Waals surface area contributed by atoms with E-state index in [1.807, 2.05) is 13.8 Å². The average Bonchev–Trinajstić information content (AvgIpc) is 2.57. The third-order valence-corrected chi connectivity index (χ3v) is 5.35. The summed E-state index contributed by atoms with van der Waals surface area (Å²) in [5, 5.41) is 3.32. The Labute approximate surface area is 151 Å². The summed E-state index contributed by atoms with van der Waals surface area (Å²) in [6.07, 6.45) is 6.29. The number of hydrogen-bond acceptors (Lipinski definition) is 4. The molecule has 2 rings (SSSR count). The molecule has 7 nitrogen and oxygen atoms in total. The highest BCUT2D eigenvalue weighted by Gasteiger charge is 2.36. The molecule has 25 heavy (non-hydrogen) atoms. The number of hydrogen-bond donors (Lipinski definition) is 2. The average molecular weight is 354 g/mol. The summed E-state index contributed by atoms with van der Waals surface area (Å²) in [6.45, 7) is 8.03. The first-order valence-corrected chi connectivity index (χ1v) is 9.64. The van der Waals surface area contributed by atoms with Crippen molar-refractivity contribution in [1.82, 2.24) is 10.2 Å². The van der Waals surface area contributed by atoms with Gasteiger partial charge in [-0.2, -0.15) is 0 Å². The van der Waals surface area contributed by atoms with Crippen molar-refractivity contribution in [3.8, 4) is 0 Å². The van der Waals surface area contributed by atoms with Crippen molar-refractivity contribution >= 4 is 12.1 Å². The number of amides is 1. The molecular weight excluding hydrogens is 320 g/mol. The summed E-state index contributed by atoms with van der Waals surface area (Å²) in [7, 11) is 0. The molecule has 0 spiro atoms. The lowest BCUT2D eigenvalue weighted by Crippen LogP contribution is -2.49. The Bertz CT molecular complexity index is 444. The van der Waals surface area contributed by atoms with Crippen LogP contribution in [-0.2, 0) is 9.47 Å². The summed E-state index contributed by atoms with van der Waals surface area (Å²) in [6, 6.07) is 0.273. The Kier molecular flexibility index (Phi) is 7.81. The van der Waals surface area contributed by atoms with E-state index >= 15 is 0 Å². The fraction of sp³-hybridized carbons (Fsp3) is 0.889. The Balaban J connectivity index is 1.71. The number of carbonyl (C=O) groups excluding carboxylic acids is 1. The van der Waals surface area contributed by atoms with E-state index in [4.69, 9.17) is 15.2 Å². The standard InChI is InChI=1S/C18H34N4O3/c1-3-24-13-10-18(8-5-9-18)14-20-16(19)21-15-6-11-22(12-7-15)17(23)25-4-2/h15H,3-14H2,1-2H3,(H3,19,20,21). The molecule has 144 valence electrons. The maximum Gasteiger partial charge on any atom is 0.409 e. The summed E-state index contributed by atoms with van der Waals surface area (Å²) in [4.78, 5) is 18.1. The Morgan fingerprint density at radius 2 is 2.00 bits per heavy atom. The predicted molar refractivity (Wildman–Crippen MR) is 98.6 cm³/mol. The molecule has 3 N–H and O–H groups in total. The smallest absolute Gasteiger partial charge is 0.409 e. The van der Waals surface area contributed by atoms with E-state index in [-0.39, 0.29) is 17.6 Å². The molecule has 0 aromatic carbocycles. The largest absolute Gasteiger partial charge is 0.450 e. The van der Waals surface area contributed by atoms with Gasteiger partial charge in [0.15, 0.2) is 5.96 Å². The zero-order valence-electron chi connectivity index (χ0n) is 15.8. The fourth-order valence-electron chi connectivity index (χ4n) is 3.53. The number of nitrogens with two attached hydrogens (primary N) is 1. The van der Waals surface area contributed by atoms with Crippen molar-refractivity contribution in [2.45, 2.75) is 58.4 Å². The van der Waals surface area contributed by atoms with E-state index in [0.717, 1.165) is 39.0 Å². The summed E-state index contributed by atoms with van der Waals surface area (Å²) in [5.74, 6) is 0.525. The molecule has 0 atom stereocenters. The third-order valence-electron chi connectivity index (χ3n) is 5.35. The van der Waals surface area contributed by atoms with Gasteiger partial charge in [-0.05, 0) is 51.4 Å². The molecule has 2 aliphatic rings. The van der Waals surface area contributed by atoms with Crippen molar-refractivity contribution < 1.29 is 14.3 Å². The van der Waals surface area contributed by atoms with E-state index < -0.39 is 0 Å². The summed E-state index contributed by atoms with van der Waals surface area (Å²) >= 11 is 0. The first-order chi connectivity index (χ1) is 12.1. The molecule has 1 aliphatic heterocycles. The first kappa shape index (κ1) is 19.8. The second-order valence-electron chi connectivity index (χ2n) is 7.11. The van der Waals surface area contributed by atoms with Crippen molar-refractivity contribution in [2.75, 3.05) is 39.5 Å². The molecule has 1 saturated carbocycles. The van der Waals surface area contributed by atoms with Crippen molar-refractivity contribution in [3.63, 3.8) is 0 Å². The van der Waals surface area contributed by atoms with Gasteiger partial charge in [-0.3, -0.25) is 4.99 Å². The second-order valence-corrected chi connectivity index (χ2v) is 7.11. The zero-order chi connectivity index (χ0) is 18.1. The Morgan fingerprint density at radius 1 is 1.28 bits per heavy atom. The third kappa shape index (κ3) is 6.06. The maximum absolute atomic E-state index is 11.7. The van der Waals surface area contributed by atoms with Gasteiger partial charge >= 0.3 is 6.09 Å². The number of guanidine groups is 1. The maximum atomic E-state index is 11.7. The van der Waals surface area contributed by atoms with Gasteiger partial charge in [0.1, 0.15) is 0 Å². The van der Waals surface area contributed by atoms with Gasteiger partial charge in [0.05, 0.1) is 6.61 Å². The van der Waals surface area contributed by atoms with Crippen LogP contribution in [0.5, 0.6) is 0 Å². The van der Waals surface area contributed by atoms with Gasteiger partial charge in [-0.1, -0.05) is 6.42 Å². The summed E-state index contributed by atoms with van der Waals surface area (Å²) in [5.41, 5.74) is 6.38. The lowest BCUT2D eigenvalue weighted by Gasteiger charge is -2.41. The van der Waals surface area contributed by atoms with Crippen LogP contribution in [0.3, 0.4) is 0 Å². The number of ether oxygens (including phenoxy) is 2. The zero-order valence-corrected chi connectivity index (χ0v) is 15.8. The fourth-order valence-corrected chi connectivity index (χ4v) is 3.53. The molecule has 1 saturated heterocycles. The molecule has 0 aromatic heterocycles. The molecular formula is C18H34N4O3. The van der Waals surface area contributed by atoms with Gasteiger partial charge in [0.25, 0.3) is 0 Å². The normalized spacial score (nSPS) is 20.9. The molecule has 1 amide bonds. The van der Waals surface area contributed by atoms with Crippen LogP contribution in [0, 0.1) is 5.41 Å². The molecule has 2 fully saturated rings. The first-order valence-electron chi connectivity index (χ1n) is 9.64. The molecule has 0 radical (unpaired) electrons. The highest BCUT2D eigenvalue weighted by Crippen LogP contribution is 2.44. The van der Waals surface area contributed by atoms with E-state index in [2.05, 4.69) is 10.3 Å². The SMILES string of the molecule is CCOCCC1(CN=C(N)NC2CCN(C(=O)OCC)CC2)CCC1. The van der Waals surface area contributed by atoms with Crippen LogP contribution in [0.2, 0.25) is 0 Å². The molecule has 7 heteroatoms. The molecule has 0 unspecified atom stereocenters. The van der Waals surface area contributed by atoms with Crippen LogP contribution in [-0.4, -0.2) is 62.4 Å². The second kappa shape index (κ2) is 9.85. The van der Waals surface area contributed by atoms with Crippen LogP contribution in [0.25, 0.3) is 0 Å². The minimum Gasteiger partial charge on any atom is -0.450 e. The molecule has 0 aromatic rings. The Morgan fingerprint density at radius 3 is 2.56 bits per heavy atom. The highest BCUT2D eigenvalue weighted by atomic mass is 16.6. The number of carbonyl (C=O) groups is 1. The van der Waals surface area contributed by atoms with Crippen LogP contribution in [0.4, 0.5) is 4.79 Å². The number of piperidine rings is 1. The number of likely N-dealkylation sites (tertiary alicyclic amines) is 1. The minimum absolute atomic E-state index is 0.219. The topological polar surface area (TPSA) is 89.2 Å². The van der Waals surface area contributed by atoms with E-state index in [0.29, 0.717) is 25.7 Å².